The first-order valence-electron chi connectivity index (χ1n) is 6.94. The number of nitrogens with zero attached hydrogens (tertiary/aromatic N) is 3. The molecule has 1 aromatic heterocycles. The number of hydrogen-bond acceptors (Lipinski definition) is 5. The summed E-state index contributed by atoms with van der Waals surface area (Å²) in [6.07, 6.45) is 0.854. The minimum Gasteiger partial charge on any atom is -0.480 e. The fourth-order valence-electron chi connectivity index (χ4n) is 2.00. The molecule has 2 rings (SSSR count). The Morgan fingerprint density at radius 3 is 2.71 bits per heavy atom. The van der Waals surface area contributed by atoms with Gasteiger partial charge in [0.2, 0.25) is 11.7 Å². The van der Waals surface area contributed by atoms with E-state index in [-0.39, 0.29) is 12.6 Å². The van der Waals surface area contributed by atoms with Crippen molar-refractivity contribution in [2.75, 3.05) is 6.54 Å². The van der Waals surface area contributed by atoms with Gasteiger partial charge in [0.15, 0.2) is 0 Å². The second-order valence-electron chi connectivity index (χ2n) is 4.93. The third kappa shape index (κ3) is 4.13. The van der Waals surface area contributed by atoms with Gasteiger partial charge in [0.05, 0.1) is 13.1 Å². The van der Waals surface area contributed by atoms with E-state index in [0.29, 0.717) is 18.3 Å². The molecule has 1 aromatic carbocycles. The van der Waals surface area contributed by atoms with Gasteiger partial charge in [0.25, 0.3) is 0 Å². The summed E-state index contributed by atoms with van der Waals surface area (Å²) < 4.78 is 5.23. The van der Waals surface area contributed by atoms with Gasteiger partial charge in [-0.25, -0.2) is 0 Å². The summed E-state index contributed by atoms with van der Waals surface area (Å²) in [5.41, 5.74) is 0.876. The predicted octanol–water partition coefficient (Wildman–Crippen LogP) is 2.42. The van der Waals surface area contributed by atoms with Crippen LogP contribution in [0.2, 0.25) is 0 Å². The van der Waals surface area contributed by atoms with E-state index in [9.17, 15) is 4.79 Å². The lowest BCUT2D eigenvalue weighted by atomic mass is 10.2. The minimum atomic E-state index is -0.863. The maximum absolute atomic E-state index is 10.9. The van der Waals surface area contributed by atoms with Gasteiger partial charge in [-0.1, -0.05) is 42.4 Å². The zero-order valence-corrected chi connectivity index (χ0v) is 12.2. The van der Waals surface area contributed by atoms with Crippen LogP contribution in [0.1, 0.15) is 26.2 Å². The van der Waals surface area contributed by atoms with Crippen molar-refractivity contribution in [2.24, 2.45) is 0 Å². The summed E-state index contributed by atoms with van der Waals surface area (Å²) in [6.45, 7) is 4.29. The van der Waals surface area contributed by atoms with Crippen LogP contribution in [0.4, 0.5) is 0 Å². The number of hydrogen-bond donors (Lipinski definition) is 1. The highest BCUT2D eigenvalue weighted by atomic mass is 16.5. The zero-order chi connectivity index (χ0) is 15.2. The first-order chi connectivity index (χ1) is 10.1. The van der Waals surface area contributed by atoms with Crippen LogP contribution in [0, 0.1) is 0 Å². The Kier molecular flexibility index (Phi) is 5.05. The van der Waals surface area contributed by atoms with Gasteiger partial charge in [0.1, 0.15) is 0 Å². The van der Waals surface area contributed by atoms with E-state index in [1.54, 1.807) is 0 Å². The zero-order valence-electron chi connectivity index (χ0n) is 12.2. The standard InChI is InChI=1S/C15H19N3O3/c1-3-11(2)18(10-14(19)20)9-13-16-15(17-21-13)12-7-5-4-6-8-12/h4-8,11H,3,9-10H2,1-2H3,(H,19,20). The molecular formula is C15H19N3O3. The van der Waals surface area contributed by atoms with Gasteiger partial charge in [-0.05, 0) is 13.3 Å². The highest BCUT2D eigenvalue weighted by molar-refractivity contribution is 5.69. The van der Waals surface area contributed by atoms with E-state index < -0.39 is 5.97 Å². The van der Waals surface area contributed by atoms with Gasteiger partial charge < -0.3 is 9.63 Å². The first kappa shape index (κ1) is 15.2. The van der Waals surface area contributed by atoms with Crippen molar-refractivity contribution in [3.05, 3.63) is 36.2 Å². The Hall–Kier alpha value is -2.21. The highest BCUT2D eigenvalue weighted by Crippen LogP contribution is 2.16. The summed E-state index contributed by atoms with van der Waals surface area (Å²) in [4.78, 5) is 17.1. The van der Waals surface area contributed by atoms with Crippen molar-refractivity contribution < 1.29 is 14.4 Å². The van der Waals surface area contributed by atoms with Gasteiger partial charge >= 0.3 is 5.97 Å². The lowest BCUT2D eigenvalue weighted by Gasteiger charge is -2.24. The lowest BCUT2D eigenvalue weighted by Crippen LogP contribution is -2.36. The van der Waals surface area contributed by atoms with E-state index in [1.807, 2.05) is 49.1 Å². The monoisotopic (exact) mass is 289 g/mol. The molecule has 2 aromatic rings. The van der Waals surface area contributed by atoms with Crippen LogP contribution in [0.5, 0.6) is 0 Å². The van der Waals surface area contributed by atoms with Crippen LogP contribution in [-0.4, -0.2) is 38.7 Å². The quantitative estimate of drug-likeness (QED) is 0.843. The third-order valence-corrected chi connectivity index (χ3v) is 3.39. The number of aliphatic carboxylic acids is 1. The lowest BCUT2D eigenvalue weighted by molar-refractivity contribution is -0.139. The van der Waals surface area contributed by atoms with Crippen LogP contribution in [0.3, 0.4) is 0 Å². The summed E-state index contributed by atoms with van der Waals surface area (Å²) in [7, 11) is 0. The van der Waals surface area contributed by atoms with E-state index >= 15 is 0 Å². The molecule has 0 aliphatic rings. The van der Waals surface area contributed by atoms with Crippen LogP contribution in [-0.2, 0) is 11.3 Å². The number of carboxylic acids is 1. The molecule has 6 heteroatoms. The number of rotatable bonds is 7. The average Bonchev–Trinajstić information content (AvgIpc) is 2.95. The van der Waals surface area contributed by atoms with Crippen molar-refractivity contribution in [2.45, 2.75) is 32.9 Å². The molecule has 0 bridgehead atoms. The molecule has 21 heavy (non-hydrogen) atoms. The van der Waals surface area contributed by atoms with Crippen molar-refractivity contribution in [3.8, 4) is 11.4 Å². The molecule has 6 nitrogen and oxygen atoms in total. The van der Waals surface area contributed by atoms with Crippen LogP contribution in [0.25, 0.3) is 11.4 Å². The molecule has 0 fully saturated rings. The molecule has 1 unspecified atom stereocenters. The fraction of sp³-hybridized carbons (Fsp3) is 0.400. The Bertz CT molecular complexity index is 583. The summed E-state index contributed by atoms with van der Waals surface area (Å²) in [5.74, 6) is 0.0820. The van der Waals surface area contributed by atoms with E-state index in [2.05, 4.69) is 10.1 Å². The molecule has 0 saturated carbocycles. The molecule has 0 aliphatic heterocycles. The van der Waals surface area contributed by atoms with Gasteiger partial charge in [0, 0.05) is 11.6 Å². The summed E-state index contributed by atoms with van der Waals surface area (Å²) >= 11 is 0. The molecular weight excluding hydrogens is 270 g/mol. The number of carbonyl (C=O) groups is 1. The molecule has 0 aliphatic carbocycles. The van der Waals surface area contributed by atoms with Gasteiger partial charge in [-0.3, -0.25) is 9.69 Å². The molecule has 0 saturated heterocycles. The molecule has 1 atom stereocenters. The Morgan fingerprint density at radius 2 is 2.10 bits per heavy atom. The summed E-state index contributed by atoms with van der Waals surface area (Å²) in [6, 6.07) is 9.66. The fourth-order valence-corrected chi connectivity index (χ4v) is 2.00. The predicted molar refractivity (Wildman–Crippen MR) is 77.5 cm³/mol. The topological polar surface area (TPSA) is 79.5 Å². The van der Waals surface area contributed by atoms with Gasteiger partial charge in [-0.2, -0.15) is 4.98 Å². The SMILES string of the molecule is CCC(C)N(CC(=O)O)Cc1nc(-c2ccccc2)no1. The molecule has 1 heterocycles. The highest BCUT2D eigenvalue weighted by Gasteiger charge is 2.19. The van der Waals surface area contributed by atoms with E-state index in [0.717, 1.165) is 12.0 Å². The Balaban J connectivity index is 2.11. The molecule has 0 radical (unpaired) electrons. The molecule has 112 valence electrons. The number of carboxylic acid groups (broad SMARTS) is 1. The third-order valence-electron chi connectivity index (χ3n) is 3.39. The van der Waals surface area contributed by atoms with Crippen molar-refractivity contribution in [1.29, 1.82) is 0 Å². The van der Waals surface area contributed by atoms with Crippen molar-refractivity contribution in [3.63, 3.8) is 0 Å². The van der Waals surface area contributed by atoms with Crippen molar-refractivity contribution in [1.82, 2.24) is 15.0 Å². The largest absolute Gasteiger partial charge is 0.480 e. The molecule has 0 amide bonds. The Labute approximate surface area is 123 Å². The molecule has 0 spiro atoms. The van der Waals surface area contributed by atoms with Crippen LogP contribution >= 0.6 is 0 Å². The summed E-state index contributed by atoms with van der Waals surface area (Å²) in [5, 5.41) is 12.9. The first-order valence-corrected chi connectivity index (χ1v) is 6.94. The average molecular weight is 289 g/mol. The maximum Gasteiger partial charge on any atom is 0.317 e. The maximum atomic E-state index is 10.9. The van der Waals surface area contributed by atoms with Crippen LogP contribution < -0.4 is 0 Å². The molecule has 1 N–H and O–H groups in total. The number of aromatic nitrogens is 2. The minimum absolute atomic E-state index is 0.0436. The van der Waals surface area contributed by atoms with Crippen LogP contribution in [0.15, 0.2) is 34.9 Å². The van der Waals surface area contributed by atoms with Crippen molar-refractivity contribution >= 4 is 5.97 Å². The van der Waals surface area contributed by atoms with Gasteiger partial charge in [-0.15, -0.1) is 0 Å². The second kappa shape index (κ2) is 6.99. The Morgan fingerprint density at radius 1 is 1.38 bits per heavy atom. The normalized spacial score (nSPS) is 12.5. The number of benzene rings is 1. The smallest absolute Gasteiger partial charge is 0.317 e. The second-order valence-corrected chi connectivity index (χ2v) is 4.93. The van der Waals surface area contributed by atoms with E-state index in [1.165, 1.54) is 0 Å². The van der Waals surface area contributed by atoms with E-state index in [4.69, 9.17) is 9.63 Å².